The monoisotopic (exact) mass is 429 g/mol. The number of thiocarbonyl (C=S) groups is 1. The Morgan fingerprint density at radius 1 is 1.25 bits per heavy atom. The molecule has 1 rings (SSSR count). The van der Waals surface area contributed by atoms with Gasteiger partial charge in [0.2, 0.25) is 0 Å². The quantitative estimate of drug-likeness (QED) is 0.551. The standard InChI is InChI=1S/C9H10Br3N3S/c1-13-15(2)9(16)14-8-6(11)3-5(10)4-7(8)12/h3-4,13H,1-2H3,(H,14,16). The van der Waals surface area contributed by atoms with Gasteiger partial charge in [0.05, 0.1) is 5.69 Å². The van der Waals surface area contributed by atoms with Crippen molar-refractivity contribution in [3.05, 3.63) is 25.6 Å². The Bertz CT molecular complexity index is 388. The smallest absolute Gasteiger partial charge is 0.187 e. The molecule has 0 aliphatic heterocycles. The summed E-state index contributed by atoms with van der Waals surface area (Å²) in [7, 11) is 3.65. The molecule has 2 N–H and O–H groups in total. The van der Waals surface area contributed by atoms with E-state index in [1.807, 2.05) is 19.2 Å². The van der Waals surface area contributed by atoms with E-state index in [1.165, 1.54) is 0 Å². The van der Waals surface area contributed by atoms with Crippen LogP contribution in [-0.2, 0) is 0 Å². The van der Waals surface area contributed by atoms with Crippen LogP contribution in [0.5, 0.6) is 0 Å². The van der Waals surface area contributed by atoms with Gasteiger partial charge in [0.15, 0.2) is 5.11 Å². The summed E-state index contributed by atoms with van der Waals surface area (Å²) in [5.41, 5.74) is 3.82. The number of nitrogens with one attached hydrogen (secondary N) is 2. The second-order valence-corrected chi connectivity index (χ2v) is 5.97. The van der Waals surface area contributed by atoms with E-state index in [0.29, 0.717) is 5.11 Å². The molecule has 0 spiro atoms. The summed E-state index contributed by atoms with van der Waals surface area (Å²) in [5.74, 6) is 0. The fraction of sp³-hybridized carbons (Fsp3) is 0.222. The molecule has 7 heteroatoms. The van der Waals surface area contributed by atoms with Gasteiger partial charge in [-0.1, -0.05) is 15.9 Å². The molecule has 0 amide bonds. The van der Waals surface area contributed by atoms with E-state index in [1.54, 1.807) is 12.1 Å². The summed E-state index contributed by atoms with van der Waals surface area (Å²) in [6, 6.07) is 3.91. The zero-order valence-corrected chi connectivity index (χ0v) is 14.2. The van der Waals surface area contributed by atoms with Gasteiger partial charge in [0, 0.05) is 27.5 Å². The molecule has 1 aromatic carbocycles. The zero-order chi connectivity index (χ0) is 12.3. The molecule has 0 fully saturated rings. The molecule has 0 aliphatic rings. The molecule has 1 aromatic rings. The number of hydrogen-bond acceptors (Lipinski definition) is 2. The van der Waals surface area contributed by atoms with Crippen molar-refractivity contribution >= 4 is 70.8 Å². The lowest BCUT2D eigenvalue weighted by molar-refractivity contribution is 0.415. The van der Waals surface area contributed by atoms with Crippen LogP contribution in [-0.4, -0.2) is 24.2 Å². The van der Waals surface area contributed by atoms with Crippen molar-refractivity contribution in [3.8, 4) is 0 Å². The SMILES string of the molecule is CNN(C)C(=S)Nc1c(Br)cc(Br)cc1Br. The van der Waals surface area contributed by atoms with Gasteiger partial charge in [-0.2, -0.15) is 0 Å². The molecule has 0 aliphatic carbocycles. The second-order valence-electron chi connectivity index (χ2n) is 2.96. The molecule has 0 saturated carbocycles. The molecule has 0 saturated heterocycles. The Balaban J connectivity index is 2.93. The predicted octanol–water partition coefficient (Wildman–Crippen LogP) is 3.74. The summed E-state index contributed by atoms with van der Waals surface area (Å²) in [6.07, 6.45) is 0. The van der Waals surface area contributed by atoms with Crippen LogP contribution < -0.4 is 10.7 Å². The Morgan fingerprint density at radius 3 is 2.19 bits per heavy atom. The third kappa shape index (κ3) is 3.66. The van der Waals surface area contributed by atoms with E-state index in [9.17, 15) is 0 Å². The molecular formula is C9H10Br3N3S. The summed E-state index contributed by atoms with van der Waals surface area (Å²) in [5, 5.41) is 5.44. The van der Waals surface area contributed by atoms with E-state index in [0.717, 1.165) is 19.1 Å². The van der Waals surface area contributed by atoms with Gasteiger partial charge < -0.3 is 5.32 Å². The van der Waals surface area contributed by atoms with Crippen molar-refractivity contribution in [2.75, 3.05) is 19.4 Å². The van der Waals surface area contributed by atoms with Gasteiger partial charge in [-0.05, 0) is 56.2 Å². The average molecular weight is 432 g/mol. The zero-order valence-electron chi connectivity index (χ0n) is 8.64. The third-order valence-corrected chi connectivity index (χ3v) is 3.96. The summed E-state index contributed by atoms with van der Waals surface area (Å²) in [4.78, 5) is 0. The normalized spacial score (nSPS) is 10.1. The maximum Gasteiger partial charge on any atom is 0.187 e. The molecule has 0 heterocycles. The molecule has 88 valence electrons. The van der Waals surface area contributed by atoms with Crippen LogP contribution in [0.4, 0.5) is 5.69 Å². The van der Waals surface area contributed by atoms with E-state index >= 15 is 0 Å². The fourth-order valence-electron chi connectivity index (χ4n) is 0.954. The number of benzene rings is 1. The van der Waals surface area contributed by atoms with E-state index in [2.05, 4.69) is 58.5 Å². The lowest BCUT2D eigenvalue weighted by Gasteiger charge is -2.20. The predicted molar refractivity (Wildman–Crippen MR) is 82.6 cm³/mol. The van der Waals surface area contributed by atoms with Crippen LogP contribution in [0.1, 0.15) is 0 Å². The fourth-order valence-corrected chi connectivity index (χ4v) is 3.60. The molecule has 16 heavy (non-hydrogen) atoms. The topological polar surface area (TPSA) is 27.3 Å². The minimum absolute atomic E-state index is 0.589. The number of hydrogen-bond donors (Lipinski definition) is 2. The van der Waals surface area contributed by atoms with Crippen LogP contribution >= 0.6 is 60.0 Å². The highest BCUT2D eigenvalue weighted by Gasteiger charge is 2.10. The Morgan fingerprint density at radius 2 is 1.75 bits per heavy atom. The molecule has 0 radical (unpaired) electrons. The Hall–Kier alpha value is 0.310. The molecule has 0 unspecified atom stereocenters. The Labute approximate surface area is 125 Å². The van der Waals surface area contributed by atoms with Crippen molar-refractivity contribution in [1.29, 1.82) is 0 Å². The largest absolute Gasteiger partial charge is 0.330 e. The van der Waals surface area contributed by atoms with Crippen LogP contribution in [0.3, 0.4) is 0 Å². The maximum atomic E-state index is 5.21. The van der Waals surface area contributed by atoms with Gasteiger partial charge >= 0.3 is 0 Å². The average Bonchev–Trinajstić information content (AvgIpc) is 2.21. The van der Waals surface area contributed by atoms with Crippen molar-refractivity contribution in [2.45, 2.75) is 0 Å². The minimum atomic E-state index is 0.589. The van der Waals surface area contributed by atoms with E-state index < -0.39 is 0 Å². The van der Waals surface area contributed by atoms with Crippen molar-refractivity contribution < 1.29 is 0 Å². The van der Waals surface area contributed by atoms with Gasteiger partial charge in [-0.15, -0.1) is 0 Å². The lowest BCUT2D eigenvalue weighted by Crippen LogP contribution is -2.39. The first-order valence-corrected chi connectivity index (χ1v) is 7.11. The van der Waals surface area contributed by atoms with Crippen LogP contribution in [0.2, 0.25) is 0 Å². The first kappa shape index (κ1) is 14.4. The molecule has 0 atom stereocenters. The van der Waals surface area contributed by atoms with Crippen LogP contribution in [0.15, 0.2) is 25.6 Å². The third-order valence-electron chi connectivity index (χ3n) is 1.88. The van der Waals surface area contributed by atoms with Gasteiger partial charge in [0.25, 0.3) is 0 Å². The number of anilines is 1. The van der Waals surface area contributed by atoms with Crippen molar-refractivity contribution in [2.24, 2.45) is 0 Å². The first-order valence-electron chi connectivity index (χ1n) is 4.32. The maximum absolute atomic E-state index is 5.21. The van der Waals surface area contributed by atoms with Gasteiger partial charge in [0.1, 0.15) is 0 Å². The lowest BCUT2D eigenvalue weighted by atomic mass is 10.3. The second kappa shape index (κ2) is 6.30. The van der Waals surface area contributed by atoms with Crippen molar-refractivity contribution in [3.63, 3.8) is 0 Å². The minimum Gasteiger partial charge on any atom is -0.330 e. The summed E-state index contributed by atoms with van der Waals surface area (Å²) < 4.78 is 2.85. The highest BCUT2D eigenvalue weighted by atomic mass is 79.9. The van der Waals surface area contributed by atoms with Gasteiger partial charge in [-0.25, -0.2) is 5.43 Å². The molecule has 3 nitrogen and oxygen atoms in total. The molecule has 0 bridgehead atoms. The van der Waals surface area contributed by atoms with Gasteiger partial charge in [-0.3, -0.25) is 5.01 Å². The van der Waals surface area contributed by atoms with E-state index in [4.69, 9.17) is 12.2 Å². The highest BCUT2D eigenvalue weighted by molar-refractivity contribution is 9.11. The van der Waals surface area contributed by atoms with Crippen molar-refractivity contribution in [1.82, 2.24) is 10.4 Å². The first-order chi connectivity index (χ1) is 7.45. The highest BCUT2D eigenvalue weighted by Crippen LogP contribution is 2.34. The van der Waals surface area contributed by atoms with Crippen LogP contribution in [0, 0.1) is 0 Å². The van der Waals surface area contributed by atoms with E-state index in [-0.39, 0.29) is 0 Å². The number of nitrogens with zero attached hydrogens (tertiary/aromatic N) is 1. The summed E-state index contributed by atoms with van der Waals surface area (Å²) in [6.45, 7) is 0. The molecular weight excluding hydrogens is 422 g/mol. The number of halogens is 3. The molecule has 0 aromatic heterocycles. The summed E-state index contributed by atoms with van der Waals surface area (Å²) >= 11 is 15.6. The van der Waals surface area contributed by atoms with Crippen LogP contribution in [0.25, 0.3) is 0 Å². The number of rotatable bonds is 2. The Kier molecular flexibility index (Phi) is 5.66. The number of hydrazine groups is 1.